The highest BCUT2D eigenvalue weighted by atomic mass is 32.2. The molecule has 4 rings (SSSR count). The third-order valence-electron chi connectivity index (χ3n) is 5.40. The van der Waals surface area contributed by atoms with Gasteiger partial charge in [0.05, 0.1) is 10.8 Å². The lowest BCUT2D eigenvalue weighted by Crippen LogP contribution is -2.23. The molecular formula is C24H26N4OS. The van der Waals surface area contributed by atoms with Crippen molar-refractivity contribution in [2.24, 2.45) is 0 Å². The highest BCUT2D eigenvalue weighted by Crippen LogP contribution is 2.31. The van der Waals surface area contributed by atoms with Crippen LogP contribution in [0.15, 0.2) is 47.6 Å². The van der Waals surface area contributed by atoms with Gasteiger partial charge < -0.3 is 5.32 Å². The van der Waals surface area contributed by atoms with Gasteiger partial charge in [-0.15, -0.1) is 10.2 Å². The minimum Gasteiger partial charge on any atom is -0.325 e. The first kappa shape index (κ1) is 20.4. The van der Waals surface area contributed by atoms with E-state index in [2.05, 4.69) is 65.8 Å². The molecule has 1 N–H and O–H groups in total. The second-order valence-corrected chi connectivity index (χ2v) is 9.05. The van der Waals surface area contributed by atoms with E-state index in [1.807, 2.05) is 31.2 Å². The summed E-state index contributed by atoms with van der Waals surface area (Å²) in [4.78, 5) is 12.9. The number of hydrogen-bond donors (Lipinski definition) is 1. The topological polar surface area (TPSA) is 59.3 Å². The first-order chi connectivity index (χ1) is 14.4. The fraction of sp³-hybridized carbons (Fsp3) is 0.292. The van der Waals surface area contributed by atoms with Crippen LogP contribution in [0.2, 0.25) is 0 Å². The Hall–Kier alpha value is -2.86. The number of hydrogen-bond acceptors (Lipinski definition) is 4. The second kappa shape index (κ2) is 8.11. The number of carbonyl (C=O) groups excluding carboxylic acids is 1. The smallest absolute Gasteiger partial charge is 0.237 e. The van der Waals surface area contributed by atoms with Gasteiger partial charge in [0.1, 0.15) is 0 Å². The molecule has 0 saturated carbocycles. The summed E-state index contributed by atoms with van der Waals surface area (Å²) >= 11 is 1.43. The van der Waals surface area contributed by atoms with Crippen molar-refractivity contribution in [3.63, 3.8) is 0 Å². The average Bonchev–Trinajstić information content (AvgIpc) is 3.10. The van der Waals surface area contributed by atoms with E-state index in [-0.39, 0.29) is 11.2 Å². The number of para-hydroxylation sites is 1. The molecule has 0 aliphatic carbocycles. The summed E-state index contributed by atoms with van der Waals surface area (Å²) in [7, 11) is 0. The average molecular weight is 419 g/mol. The number of fused-ring (bicyclic) bond motifs is 3. The Morgan fingerprint density at radius 2 is 1.87 bits per heavy atom. The third kappa shape index (κ3) is 3.67. The summed E-state index contributed by atoms with van der Waals surface area (Å²) in [5, 5.41) is 13.5. The van der Waals surface area contributed by atoms with E-state index in [0.29, 0.717) is 0 Å². The molecule has 1 unspecified atom stereocenters. The molecule has 0 bridgehead atoms. The van der Waals surface area contributed by atoms with Crippen LogP contribution >= 0.6 is 11.8 Å². The molecule has 0 fully saturated rings. The van der Waals surface area contributed by atoms with Crippen molar-refractivity contribution in [1.29, 1.82) is 0 Å². The maximum absolute atomic E-state index is 12.9. The molecule has 1 atom stereocenters. The number of pyridine rings is 1. The van der Waals surface area contributed by atoms with Gasteiger partial charge in [0.2, 0.25) is 5.91 Å². The van der Waals surface area contributed by atoms with E-state index < -0.39 is 0 Å². The molecule has 2 aromatic carbocycles. The molecule has 2 aromatic heterocycles. The van der Waals surface area contributed by atoms with Gasteiger partial charge in [0.15, 0.2) is 10.8 Å². The van der Waals surface area contributed by atoms with Gasteiger partial charge in [-0.05, 0) is 69.0 Å². The first-order valence-corrected chi connectivity index (χ1v) is 11.1. The summed E-state index contributed by atoms with van der Waals surface area (Å²) < 4.78 is 2.07. The molecular weight excluding hydrogens is 392 g/mol. The highest BCUT2D eigenvalue weighted by molar-refractivity contribution is 8.00. The molecule has 5 nitrogen and oxygen atoms in total. The number of rotatable bonds is 5. The van der Waals surface area contributed by atoms with Crippen LogP contribution in [0.25, 0.3) is 16.6 Å². The zero-order chi connectivity index (χ0) is 21.4. The van der Waals surface area contributed by atoms with E-state index in [4.69, 9.17) is 0 Å². The fourth-order valence-electron chi connectivity index (χ4n) is 3.89. The molecule has 6 heteroatoms. The van der Waals surface area contributed by atoms with Crippen LogP contribution in [0.1, 0.15) is 36.1 Å². The Labute approximate surface area is 180 Å². The standard InChI is InChI=1S/C24H26N4OS/c1-6-18-9-7-8-10-20(18)25-23(29)17(5)30-24-27-26-21-13-15(3)19-12-14(2)11-16(4)22(19)28(21)24/h7-13,17H,6H2,1-5H3,(H,25,29). The number of aryl methyl sites for hydroxylation is 4. The predicted molar refractivity (Wildman–Crippen MR) is 124 cm³/mol. The lowest BCUT2D eigenvalue weighted by molar-refractivity contribution is -0.115. The number of thioether (sulfide) groups is 1. The number of amides is 1. The number of carbonyl (C=O) groups is 1. The van der Waals surface area contributed by atoms with Crippen molar-refractivity contribution >= 4 is 39.9 Å². The number of nitrogens with one attached hydrogen (secondary N) is 1. The Morgan fingerprint density at radius 3 is 2.63 bits per heavy atom. The maximum atomic E-state index is 12.9. The van der Waals surface area contributed by atoms with E-state index in [0.717, 1.165) is 34.0 Å². The molecule has 1 amide bonds. The van der Waals surface area contributed by atoms with Crippen LogP contribution in [0, 0.1) is 20.8 Å². The van der Waals surface area contributed by atoms with Crippen molar-refractivity contribution in [2.75, 3.05) is 5.32 Å². The maximum Gasteiger partial charge on any atom is 0.237 e. The van der Waals surface area contributed by atoms with E-state index >= 15 is 0 Å². The van der Waals surface area contributed by atoms with Crippen molar-refractivity contribution in [2.45, 2.75) is 51.4 Å². The SMILES string of the molecule is CCc1ccccc1NC(=O)C(C)Sc1nnc2cc(C)c3cc(C)cc(C)c3n12. The predicted octanol–water partition coefficient (Wildman–Crippen LogP) is 5.49. The number of anilines is 1. The van der Waals surface area contributed by atoms with E-state index in [1.165, 1.54) is 33.8 Å². The summed E-state index contributed by atoms with van der Waals surface area (Å²) in [6, 6.07) is 14.3. The van der Waals surface area contributed by atoms with Crippen molar-refractivity contribution in [3.8, 4) is 0 Å². The minimum absolute atomic E-state index is 0.0402. The number of aromatic nitrogens is 3. The first-order valence-electron chi connectivity index (χ1n) is 10.2. The summed E-state index contributed by atoms with van der Waals surface area (Å²) in [5.41, 5.74) is 7.49. The van der Waals surface area contributed by atoms with Gasteiger partial charge in [-0.2, -0.15) is 0 Å². The highest BCUT2D eigenvalue weighted by Gasteiger charge is 2.20. The number of nitrogens with zero attached hydrogens (tertiary/aromatic N) is 3. The van der Waals surface area contributed by atoms with Crippen LogP contribution in [0.3, 0.4) is 0 Å². The van der Waals surface area contributed by atoms with Crippen LogP contribution < -0.4 is 5.32 Å². The molecule has 0 aliphatic rings. The molecule has 0 aliphatic heterocycles. The summed E-state index contributed by atoms with van der Waals surface area (Å²) in [5.74, 6) is -0.0402. The van der Waals surface area contributed by atoms with Crippen molar-refractivity contribution in [1.82, 2.24) is 14.6 Å². The van der Waals surface area contributed by atoms with Crippen LogP contribution in [-0.4, -0.2) is 25.8 Å². The zero-order valence-corrected chi connectivity index (χ0v) is 18.8. The van der Waals surface area contributed by atoms with Gasteiger partial charge in [0, 0.05) is 11.1 Å². The molecule has 2 heterocycles. The quantitative estimate of drug-likeness (QED) is 0.435. The Bertz CT molecular complexity index is 1260. The molecule has 30 heavy (non-hydrogen) atoms. The third-order valence-corrected chi connectivity index (χ3v) is 6.45. The van der Waals surface area contributed by atoms with Crippen LogP contribution in [0.5, 0.6) is 0 Å². The van der Waals surface area contributed by atoms with Crippen LogP contribution in [0.4, 0.5) is 5.69 Å². The summed E-state index contributed by atoms with van der Waals surface area (Å²) in [6.45, 7) is 10.3. The van der Waals surface area contributed by atoms with Gasteiger partial charge in [0.25, 0.3) is 0 Å². The number of benzene rings is 2. The molecule has 4 aromatic rings. The second-order valence-electron chi connectivity index (χ2n) is 7.74. The minimum atomic E-state index is -0.315. The molecule has 0 saturated heterocycles. The van der Waals surface area contributed by atoms with Gasteiger partial charge in [-0.1, -0.05) is 48.5 Å². The fourth-order valence-corrected chi connectivity index (χ4v) is 4.75. The largest absolute Gasteiger partial charge is 0.325 e. The van der Waals surface area contributed by atoms with Crippen LogP contribution in [-0.2, 0) is 11.2 Å². The molecule has 0 spiro atoms. The van der Waals surface area contributed by atoms with E-state index in [1.54, 1.807) is 0 Å². The van der Waals surface area contributed by atoms with Gasteiger partial charge >= 0.3 is 0 Å². The van der Waals surface area contributed by atoms with E-state index in [9.17, 15) is 4.79 Å². The monoisotopic (exact) mass is 418 g/mol. The normalized spacial score (nSPS) is 12.4. The Kier molecular flexibility index (Phi) is 5.52. The van der Waals surface area contributed by atoms with Gasteiger partial charge in [-0.25, -0.2) is 0 Å². The Balaban J connectivity index is 1.68. The molecule has 154 valence electrons. The lowest BCUT2D eigenvalue weighted by Gasteiger charge is -2.15. The summed E-state index contributed by atoms with van der Waals surface area (Å²) in [6.07, 6.45) is 0.872. The van der Waals surface area contributed by atoms with Gasteiger partial charge in [-0.3, -0.25) is 9.20 Å². The van der Waals surface area contributed by atoms with Crippen molar-refractivity contribution < 1.29 is 4.79 Å². The Morgan fingerprint density at radius 1 is 1.10 bits per heavy atom. The molecule has 0 radical (unpaired) electrons. The lowest BCUT2D eigenvalue weighted by atomic mass is 10.0. The zero-order valence-electron chi connectivity index (χ0n) is 18.0. The van der Waals surface area contributed by atoms with Crippen molar-refractivity contribution in [3.05, 3.63) is 64.7 Å².